The van der Waals surface area contributed by atoms with Crippen LogP contribution in [-0.2, 0) is 16.4 Å². The molecule has 3 heterocycles. The third-order valence-corrected chi connectivity index (χ3v) is 5.33. The summed E-state index contributed by atoms with van der Waals surface area (Å²) in [6.07, 6.45) is 5.48. The Balaban J connectivity index is 1.58. The Bertz CT molecular complexity index is 950. The van der Waals surface area contributed by atoms with Crippen molar-refractivity contribution in [3.8, 4) is 22.6 Å². The number of benzene rings is 1. The lowest BCUT2D eigenvalue weighted by Crippen LogP contribution is -2.41. The van der Waals surface area contributed by atoms with Crippen molar-refractivity contribution < 1.29 is 9.31 Å². The van der Waals surface area contributed by atoms with Gasteiger partial charge in [-0.15, -0.1) is 0 Å². The number of nitrogens with zero attached hydrogens (tertiary/aromatic N) is 4. The van der Waals surface area contributed by atoms with Crippen LogP contribution in [0.15, 0.2) is 48.9 Å². The largest absolute Gasteiger partial charge is 0.498 e. The van der Waals surface area contributed by atoms with Crippen molar-refractivity contribution in [2.45, 2.75) is 38.9 Å². The molecule has 0 spiro atoms. The lowest BCUT2D eigenvalue weighted by molar-refractivity contribution is 0.00578. The van der Waals surface area contributed by atoms with Gasteiger partial charge in [-0.1, -0.05) is 18.2 Å². The molecule has 138 valence electrons. The minimum Gasteiger partial charge on any atom is -0.399 e. The summed E-state index contributed by atoms with van der Waals surface area (Å²) < 4.78 is 13.9. The van der Waals surface area contributed by atoms with Crippen LogP contribution < -0.4 is 5.46 Å². The highest BCUT2D eigenvalue weighted by atomic mass is 16.7. The molecule has 0 unspecified atom stereocenters. The van der Waals surface area contributed by atoms with Crippen molar-refractivity contribution in [2.75, 3.05) is 0 Å². The van der Waals surface area contributed by atoms with Gasteiger partial charge in [0.1, 0.15) is 0 Å². The van der Waals surface area contributed by atoms with Gasteiger partial charge in [0, 0.05) is 42.2 Å². The molecule has 1 fully saturated rings. The van der Waals surface area contributed by atoms with Crippen molar-refractivity contribution in [2.24, 2.45) is 7.05 Å². The maximum absolute atomic E-state index is 6.06. The summed E-state index contributed by atoms with van der Waals surface area (Å²) in [5.41, 5.74) is 2.96. The first-order valence-electron chi connectivity index (χ1n) is 9.03. The van der Waals surface area contributed by atoms with Gasteiger partial charge in [0.15, 0.2) is 5.82 Å². The normalized spacial score (nSPS) is 18.0. The average molecular weight is 362 g/mol. The topological polar surface area (TPSA) is 62.1 Å². The number of rotatable bonds is 3. The van der Waals surface area contributed by atoms with Gasteiger partial charge in [-0.2, -0.15) is 5.10 Å². The lowest BCUT2D eigenvalue weighted by Gasteiger charge is -2.32. The summed E-state index contributed by atoms with van der Waals surface area (Å²) >= 11 is 0. The summed E-state index contributed by atoms with van der Waals surface area (Å²) in [5, 5.41) is 4.45. The molecule has 1 aliphatic rings. The van der Waals surface area contributed by atoms with Gasteiger partial charge in [0.2, 0.25) is 0 Å². The molecule has 1 aromatic carbocycles. The Morgan fingerprint density at radius 3 is 2.15 bits per heavy atom. The van der Waals surface area contributed by atoms with Crippen LogP contribution in [0.3, 0.4) is 0 Å². The molecule has 0 saturated carbocycles. The average Bonchev–Trinajstić information content (AvgIpc) is 3.16. The molecule has 3 aromatic rings. The number of aromatic nitrogens is 4. The summed E-state index contributed by atoms with van der Waals surface area (Å²) in [6, 6.07) is 10.1. The van der Waals surface area contributed by atoms with E-state index in [9.17, 15) is 0 Å². The highest BCUT2D eigenvalue weighted by Crippen LogP contribution is 2.36. The summed E-state index contributed by atoms with van der Waals surface area (Å²) in [6.45, 7) is 8.13. The number of hydrogen-bond donors (Lipinski definition) is 0. The Hall–Kier alpha value is -2.51. The zero-order chi connectivity index (χ0) is 19.2. The first-order chi connectivity index (χ1) is 12.7. The highest BCUT2D eigenvalue weighted by molar-refractivity contribution is 6.61. The Morgan fingerprint density at radius 1 is 0.926 bits per heavy atom. The smallest absolute Gasteiger partial charge is 0.399 e. The third-order valence-electron chi connectivity index (χ3n) is 5.33. The third kappa shape index (κ3) is 3.28. The molecule has 4 rings (SSSR count). The van der Waals surface area contributed by atoms with Crippen molar-refractivity contribution in [1.29, 1.82) is 0 Å². The number of aryl methyl sites for hydroxylation is 1. The van der Waals surface area contributed by atoms with Gasteiger partial charge in [-0.25, -0.2) is 9.97 Å². The summed E-state index contributed by atoms with van der Waals surface area (Å²) in [5.74, 6) is 0.660. The van der Waals surface area contributed by atoms with Crippen molar-refractivity contribution in [1.82, 2.24) is 19.7 Å². The van der Waals surface area contributed by atoms with E-state index >= 15 is 0 Å². The molecule has 0 bridgehead atoms. The zero-order valence-corrected chi connectivity index (χ0v) is 16.3. The quantitative estimate of drug-likeness (QED) is 0.671. The van der Waals surface area contributed by atoms with Gasteiger partial charge in [-0.05, 0) is 39.8 Å². The molecular weight excluding hydrogens is 339 g/mol. The van der Waals surface area contributed by atoms with Crippen LogP contribution in [0.1, 0.15) is 27.7 Å². The van der Waals surface area contributed by atoms with Gasteiger partial charge < -0.3 is 9.31 Å². The molecule has 1 saturated heterocycles. The molecule has 0 radical (unpaired) electrons. The van der Waals surface area contributed by atoms with E-state index in [0.29, 0.717) is 5.82 Å². The van der Waals surface area contributed by atoms with Crippen LogP contribution in [0.4, 0.5) is 0 Å². The number of hydrogen-bond acceptors (Lipinski definition) is 5. The Labute approximate surface area is 159 Å². The van der Waals surface area contributed by atoms with Gasteiger partial charge in [-0.3, -0.25) is 4.68 Å². The van der Waals surface area contributed by atoms with E-state index in [0.717, 1.165) is 22.3 Å². The molecule has 0 N–H and O–H groups in total. The van der Waals surface area contributed by atoms with E-state index < -0.39 is 7.12 Å². The summed E-state index contributed by atoms with van der Waals surface area (Å²) in [7, 11) is 1.45. The van der Waals surface area contributed by atoms with E-state index in [1.165, 1.54) is 0 Å². The van der Waals surface area contributed by atoms with Crippen LogP contribution in [0.5, 0.6) is 0 Å². The van der Waals surface area contributed by atoms with E-state index in [1.54, 1.807) is 17.1 Å². The van der Waals surface area contributed by atoms with Crippen LogP contribution in [0.2, 0.25) is 0 Å². The Kier molecular flexibility index (Phi) is 4.16. The molecular formula is C20H23BN4O2. The highest BCUT2D eigenvalue weighted by Gasteiger charge is 2.51. The minimum atomic E-state index is -0.455. The fourth-order valence-electron chi connectivity index (χ4n) is 2.97. The maximum atomic E-state index is 6.06. The lowest BCUT2D eigenvalue weighted by atomic mass is 9.81. The van der Waals surface area contributed by atoms with E-state index in [4.69, 9.17) is 9.31 Å². The van der Waals surface area contributed by atoms with E-state index in [2.05, 4.69) is 15.1 Å². The first-order valence-corrected chi connectivity index (χ1v) is 9.03. The second-order valence-corrected chi connectivity index (χ2v) is 7.88. The molecule has 1 aliphatic heterocycles. The van der Waals surface area contributed by atoms with E-state index in [1.807, 2.05) is 71.3 Å². The van der Waals surface area contributed by atoms with Crippen molar-refractivity contribution in [3.05, 3.63) is 48.9 Å². The molecule has 27 heavy (non-hydrogen) atoms. The molecule has 6 nitrogen and oxygen atoms in total. The van der Waals surface area contributed by atoms with Gasteiger partial charge in [0.25, 0.3) is 0 Å². The minimum absolute atomic E-state index is 0.382. The van der Waals surface area contributed by atoms with Crippen molar-refractivity contribution in [3.63, 3.8) is 0 Å². The molecule has 2 aromatic heterocycles. The standard InChI is InChI=1S/C20H23BN4O2/c1-19(2)20(3,4)27-21(26-19)16-12-22-18(23-13-16)15-8-6-7-14(11-15)17-9-10-25(5)24-17/h6-13H,1-5H3. The fourth-order valence-corrected chi connectivity index (χ4v) is 2.97. The SMILES string of the molecule is Cn1ccc(-c2cccc(-c3ncc(B4OC(C)(C)C(C)(C)O4)cn3)c2)n1. The monoisotopic (exact) mass is 362 g/mol. The Morgan fingerprint density at radius 2 is 1.56 bits per heavy atom. The van der Waals surface area contributed by atoms with Gasteiger partial charge >= 0.3 is 7.12 Å². The van der Waals surface area contributed by atoms with E-state index in [-0.39, 0.29) is 11.2 Å². The zero-order valence-electron chi connectivity index (χ0n) is 16.3. The summed E-state index contributed by atoms with van der Waals surface area (Å²) in [4.78, 5) is 9.06. The molecule has 0 amide bonds. The van der Waals surface area contributed by atoms with Crippen molar-refractivity contribution >= 4 is 12.6 Å². The fraction of sp³-hybridized carbons (Fsp3) is 0.350. The van der Waals surface area contributed by atoms with Crippen LogP contribution in [0.25, 0.3) is 22.6 Å². The molecule has 0 aliphatic carbocycles. The predicted molar refractivity (Wildman–Crippen MR) is 105 cm³/mol. The first kappa shape index (κ1) is 17.9. The van der Waals surface area contributed by atoms with Crippen LogP contribution in [0, 0.1) is 0 Å². The maximum Gasteiger partial charge on any atom is 0.498 e. The van der Waals surface area contributed by atoms with Gasteiger partial charge in [0.05, 0.1) is 16.9 Å². The molecule has 7 heteroatoms. The van der Waals surface area contributed by atoms with Crippen LogP contribution in [-0.4, -0.2) is 38.1 Å². The predicted octanol–water partition coefficient (Wildman–Crippen LogP) is 2.84. The molecule has 0 atom stereocenters. The second kappa shape index (κ2) is 6.28. The van der Waals surface area contributed by atoms with Crippen LogP contribution >= 0.6 is 0 Å². The second-order valence-electron chi connectivity index (χ2n) is 7.88.